The number of nitrogen functional groups attached to an aromatic ring is 1. The Hall–Kier alpha value is -1.92. The van der Waals surface area contributed by atoms with Gasteiger partial charge >= 0.3 is 0 Å². The molecule has 0 bridgehead atoms. The Bertz CT molecular complexity index is 1120. The lowest BCUT2D eigenvalue weighted by atomic mass is 10.1. The van der Waals surface area contributed by atoms with Crippen molar-refractivity contribution >= 4 is 50.0 Å². The van der Waals surface area contributed by atoms with Gasteiger partial charge in [0.1, 0.15) is 9.79 Å². The summed E-state index contributed by atoms with van der Waals surface area (Å²) in [5.74, 6) is 0. The largest absolute Gasteiger partial charge is 0.398 e. The van der Waals surface area contributed by atoms with Crippen LogP contribution in [0.15, 0.2) is 50.0 Å². The maximum absolute atomic E-state index is 11.5. The van der Waals surface area contributed by atoms with E-state index in [1.165, 1.54) is 31.2 Å². The zero-order chi connectivity index (χ0) is 19.9. The second-order valence-electron chi connectivity index (χ2n) is 5.48. The monoisotopic (exact) mass is 416 g/mol. The Labute approximate surface area is 156 Å². The van der Waals surface area contributed by atoms with E-state index < -0.39 is 25.1 Å². The molecule has 2 aromatic rings. The van der Waals surface area contributed by atoms with Gasteiger partial charge in [0.15, 0.2) is 0 Å². The molecule has 140 valence electrons. The number of hydrogen-bond donors (Lipinski definition) is 4. The molecule has 8 nitrogen and oxygen atoms in total. The van der Waals surface area contributed by atoms with Gasteiger partial charge in [-0.2, -0.15) is 16.8 Å². The lowest BCUT2D eigenvalue weighted by molar-refractivity contribution is 0.479. The van der Waals surface area contributed by atoms with Crippen molar-refractivity contribution in [1.29, 1.82) is 0 Å². The molecule has 0 radical (unpaired) electrons. The fourth-order valence-electron chi connectivity index (χ4n) is 2.31. The van der Waals surface area contributed by atoms with Crippen LogP contribution in [0.3, 0.4) is 0 Å². The van der Waals surface area contributed by atoms with Crippen LogP contribution in [0.5, 0.6) is 0 Å². The predicted octanol–water partition coefficient (Wildman–Crippen LogP) is 2.50. The molecule has 0 aliphatic rings. The fraction of sp³-hybridized carbons (Fsp3) is 0.133. The summed E-state index contributed by atoms with van der Waals surface area (Å²) in [6.07, 6.45) is 0. The van der Waals surface area contributed by atoms with Gasteiger partial charge in [-0.1, -0.05) is 12.1 Å². The van der Waals surface area contributed by atoms with Gasteiger partial charge < -0.3 is 5.73 Å². The van der Waals surface area contributed by atoms with Crippen LogP contribution in [0.4, 0.5) is 11.4 Å². The highest BCUT2D eigenvalue weighted by Crippen LogP contribution is 2.33. The molecule has 26 heavy (non-hydrogen) atoms. The molecule has 0 spiro atoms. The third-order valence-electron chi connectivity index (χ3n) is 3.56. The topological polar surface area (TPSA) is 147 Å². The van der Waals surface area contributed by atoms with Crippen LogP contribution in [0.1, 0.15) is 18.1 Å². The molecule has 0 fully saturated rings. The quantitative estimate of drug-likeness (QED) is 0.259. The van der Waals surface area contributed by atoms with Crippen LogP contribution in [0.2, 0.25) is 0 Å². The lowest BCUT2D eigenvalue weighted by Crippen LogP contribution is -2.06. The Morgan fingerprint density at radius 2 is 1.69 bits per heavy atom. The average molecular weight is 417 g/mol. The van der Waals surface area contributed by atoms with Crippen LogP contribution in [0.25, 0.3) is 0 Å². The Kier molecular flexibility index (Phi) is 5.49. The van der Waals surface area contributed by atoms with Crippen molar-refractivity contribution in [3.05, 3.63) is 41.5 Å². The van der Waals surface area contributed by atoms with Crippen molar-refractivity contribution in [3.63, 3.8) is 0 Å². The van der Waals surface area contributed by atoms with Crippen LogP contribution in [-0.4, -0.2) is 31.7 Å². The fourth-order valence-corrected chi connectivity index (χ4v) is 4.42. The number of hydrogen-bond acceptors (Lipinski definition) is 7. The number of aryl methyl sites for hydroxylation is 1. The third-order valence-corrected chi connectivity index (χ3v) is 6.12. The highest BCUT2D eigenvalue weighted by molar-refractivity contribution is 7.87. The summed E-state index contributed by atoms with van der Waals surface area (Å²) in [6.45, 7) is 3.06. The van der Waals surface area contributed by atoms with E-state index in [2.05, 4.69) is 17.6 Å². The summed E-state index contributed by atoms with van der Waals surface area (Å²) in [4.78, 5) is 3.38. The van der Waals surface area contributed by atoms with Gasteiger partial charge in [-0.15, -0.1) is 12.6 Å². The summed E-state index contributed by atoms with van der Waals surface area (Å²) in [7, 11) is -9.00. The van der Waals surface area contributed by atoms with Crippen molar-refractivity contribution < 1.29 is 25.9 Å². The number of benzene rings is 2. The lowest BCUT2D eigenvalue weighted by Gasteiger charge is -2.10. The van der Waals surface area contributed by atoms with E-state index in [9.17, 15) is 25.9 Å². The van der Waals surface area contributed by atoms with Gasteiger partial charge in [-0.05, 0) is 43.2 Å². The first-order valence-electron chi connectivity index (χ1n) is 7.05. The van der Waals surface area contributed by atoms with Crippen LogP contribution >= 0.6 is 12.6 Å². The van der Waals surface area contributed by atoms with Gasteiger partial charge in [0.25, 0.3) is 20.2 Å². The van der Waals surface area contributed by atoms with Crippen LogP contribution in [0, 0.1) is 6.92 Å². The highest BCUT2D eigenvalue weighted by atomic mass is 32.2. The molecule has 0 amide bonds. The van der Waals surface area contributed by atoms with E-state index in [-0.39, 0.29) is 21.2 Å². The maximum Gasteiger partial charge on any atom is 0.296 e. The third kappa shape index (κ3) is 4.24. The van der Waals surface area contributed by atoms with E-state index in [0.29, 0.717) is 16.8 Å². The second-order valence-corrected chi connectivity index (χ2v) is 8.67. The van der Waals surface area contributed by atoms with Crippen molar-refractivity contribution in [2.75, 3.05) is 5.73 Å². The minimum absolute atomic E-state index is 0.0442. The summed E-state index contributed by atoms with van der Waals surface area (Å²) < 4.78 is 64.3. The van der Waals surface area contributed by atoms with Crippen LogP contribution < -0.4 is 5.73 Å². The SMILES string of the molecule is CC(=Nc1ccc(C)c(S(=O)(=O)O)c1S)c1ccc(N)c(S(=O)(=O)O)c1. The van der Waals surface area contributed by atoms with Crippen molar-refractivity contribution in [2.45, 2.75) is 28.5 Å². The van der Waals surface area contributed by atoms with E-state index in [0.717, 1.165) is 6.07 Å². The first-order valence-corrected chi connectivity index (χ1v) is 10.4. The first-order chi connectivity index (χ1) is 11.8. The predicted molar refractivity (Wildman–Crippen MR) is 101 cm³/mol. The van der Waals surface area contributed by atoms with Crippen molar-refractivity contribution in [2.24, 2.45) is 4.99 Å². The van der Waals surface area contributed by atoms with Gasteiger partial charge in [-0.3, -0.25) is 14.1 Å². The molecule has 2 aromatic carbocycles. The highest BCUT2D eigenvalue weighted by Gasteiger charge is 2.20. The van der Waals surface area contributed by atoms with E-state index in [1.807, 2.05) is 0 Å². The molecule has 11 heteroatoms. The normalized spacial score (nSPS) is 13.0. The summed E-state index contributed by atoms with van der Waals surface area (Å²) in [5.41, 5.74) is 6.55. The Morgan fingerprint density at radius 1 is 1.08 bits per heavy atom. The molecule has 0 saturated carbocycles. The Morgan fingerprint density at radius 3 is 2.23 bits per heavy atom. The molecule has 0 atom stereocenters. The summed E-state index contributed by atoms with van der Waals surface area (Å²) >= 11 is 4.14. The molecular weight excluding hydrogens is 400 g/mol. The molecule has 0 saturated heterocycles. The minimum Gasteiger partial charge on any atom is -0.398 e. The smallest absolute Gasteiger partial charge is 0.296 e. The molecule has 0 unspecified atom stereocenters. The first kappa shape index (κ1) is 20.4. The Balaban J connectivity index is 2.63. The van der Waals surface area contributed by atoms with E-state index in [1.54, 1.807) is 6.92 Å². The molecule has 4 N–H and O–H groups in total. The number of aliphatic imine (C=N–C) groups is 1. The zero-order valence-corrected chi connectivity index (χ0v) is 16.2. The van der Waals surface area contributed by atoms with E-state index >= 15 is 0 Å². The second kappa shape index (κ2) is 7.00. The van der Waals surface area contributed by atoms with E-state index in [4.69, 9.17) is 5.73 Å². The standard InChI is InChI=1S/C15H16N2O6S3/c1-8-3-6-12(14(24)15(8)26(21,22)23)17-9(2)10-4-5-11(16)13(7-10)25(18,19)20/h3-7,24H,16H2,1-2H3,(H,18,19,20)(H,21,22,23). The summed E-state index contributed by atoms with van der Waals surface area (Å²) in [5, 5.41) is 0. The molecule has 0 heterocycles. The number of thiol groups is 1. The van der Waals surface area contributed by atoms with Crippen molar-refractivity contribution in [1.82, 2.24) is 0 Å². The van der Waals surface area contributed by atoms with Gasteiger partial charge in [-0.25, -0.2) is 0 Å². The van der Waals surface area contributed by atoms with Gasteiger partial charge in [0, 0.05) is 5.71 Å². The molecule has 0 aliphatic carbocycles. The number of nitrogens with two attached hydrogens (primary N) is 1. The maximum atomic E-state index is 11.5. The van der Waals surface area contributed by atoms with Gasteiger partial charge in [0.05, 0.1) is 16.3 Å². The molecule has 0 aliphatic heterocycles. The molecule has 0 aromatic heterocycles. The number of nitrogens with zero attached hydrogens (tertiary/aromatic N) is 1. The minimum atomic E-state index is -4.51. The summed E-state index contributed by atoms with van der Waals surface area (Å²) in [6, 6.07) is 6.93. The van der Waals surface area contributed by atoms with Gasteiger partial charge in [0.2, 0.25) is 0 Å². The molecule has 2 rings (SSSR count). The van der Waals surface area contributed by atoms with Crippen molar-refractivity contribution in [3.8, 4) is 0 Å². The number of rotatable bonds is 4. The average Bonchev–Trinajstić information content (AvgIpc) is 2.48. The number of anilines is 1. The zero-order valence-electron chi connectivity index (χ0n) is 13.7. The molecular formula is C15H16N2O6S3. The van der Waals surface area contributed by atoms with Crippen LogP contribution in [-0.2, 0) is 20.2 Å².